The Morgan fingerprint density at radius 1 is 1.00 bits per heavy atom. The van der Waals surface area contributed by atoms with Gasteiger partial charge in [0.2, 0.25) is 5.91 Å². The molecular formula is C15H31NO4. The first-order valence-electron chi connectivity index (χ1n) is 7.38. The minimum atomic E-state index is 0. The number of carbonyl (C=O) groups excluding carboxylic acids is 2. The van der Waals surface area contributed by atoms with Crippen molar-refractivity contribution >= 4 is 11.7 Å². The number of hydrogen-bond donors (Lipinski definition) is 1. The van der Waals surface area contributed by atoms with E-state index in [0.717, 1.165) is 0 Å². The van der Waals surface area contributed by atoms with Crippen LogP contribution in [-0.2, 0) is 19.1 Å². The molecule has 1 amide bonds. The molecule has 0 radical (unpaired) electrons. The van der Waals surface area contributed by atoms with Crippen LogP contribution in [-0.4, -0.2) is 44.7 Å². The van der Waals surface area contributed by atoms with Crippen molar-refractivity contribution in [3.63, 3.8) is 0 Å². The van der Waals surface area contributed by atoms with Crippen LogP contribution in [0.15, 0.2) is 0 Å². The first-order valence-corrected chi connectivity index (χ1v) is 7.38. The number of amides is 1. The van der Waals surface area contributed by atoms with E-state index in [1.165, 1.54) is 0 Å². The second kappa shape index (κ2) is 11.9. The Balaban J connectivity index is 0. The maximum absolute atomic E-state index is 11.3. The van der Waals surface area contributed by atoms with Gasteiger partial charge < -0.3 is 14.8 Å². The van der Waals surface area contributed by atoms with Gasteiger partial charge in [0.05, 0.1) is 26.4 Å². The van der Waals surface area contributed by atoms with Gasteiger partial charge in [-0.3, -0.25) is 9.59 Å². The molecule has 120 valence electrons. The van der Waals surface area contributed by atoms with Crippen LogP contribution in [0.25, 0.3) is 0 Å². The minimum absolute atomic E-state index is 0. The fourth-order valence-electron chi connectivity index (χ4n) is 1.49. The third-order valence-corrected chi connectivity index (χ3v) is 2.67. The second-order valence-electron chi connectivity index (χ2n) is 5.54. The normalized spacial score (nSPS) is 11.1. The van der Waals surface area contributed by atoms with Crippen molar-refractivity contribution in [2.45, 2.75) is 40.5 Å². The van der Waals surface area contributed by atoms with E-state index >= 15 is 0 Å². The highest BCUT2D eigenvalue weighted by Crippen LogP contribution is 1.99. The highest BCUT2D eigenvalue weighted by atomic mass is 16.5. The van der Waals surface area contributed by atoms with E-state index < -0.39 is 0 Å². The molecule has 0 aliphatic rings. The maximum atomic E-state index is 11.3. The minimum Gasteiger partial charge on any atom is -0.379 e. The molecule has 1 N–H and O–H groups in total. The van der Waals surface area contributed by atoms with Crippen LogP contribution in [0, 0.1) is 11.8 Å². The Morgan fingerprint density at radius 3 is 2.15 bits per heavy atom. The molecule has 0 spiro atoms. The monoisotopic (exact) mass is 289 g/mol. The molecule has 0 unspecified atom stereocenters. The summed E-state index contributed by atoms with van der Waals surface area (Å²) in [5.41, 5.74) is 0. The van der Waals surface area contributed by atoms with Gasteiger partial charge in [-0.05, 0) is 5.92 Å². The first-order chi connectivity index (χ1) is 9.43. The molecule has 0 aromatic rings. The summed E-state index contributed by atoms with van der Waals surface area (Å²) in [4.78, 5) is 22.6. The second-order valence-corrected chi connectivity index (χ2v) is 5.54. The van der Waals surface area contributed by atoms with E-state index in [2.05, 4.69) is 5.32 Å². The van der Waals surface area contributed by atoms with Gasteiger partial charge in [-0.1, -0.05) is 27.7 Å². The smallest absolute Gasteiger partial charge is 0.220 e. The molecule has 0 saturated heterocycles. The van der Waals surface area contributed by atoms with E-state index in [4.69, 9.17) is 9.47 Å². The Kier molecular flexibility index (Phi) is 11.3. The summed E-state index contributed by atoms with van der Waals surface area (Å²) in [6, 6.07) is 0. The summed E-state index contributed by atoms with van der Waals surface area (Å²) in [6.45, 7) is 10.2. The molecule has 5 nitrogen and oxygen atoms in total. The number of Topliss-reactive ketones (excluding diaryl/α,β-unsaturated/α-hetero) is 1. The number of hydrogen-bond acceptors (Lipinski definition) is 4. The molecule has 0 aromatic heterocycles. The van der Waals surface area contributed by atoms with Gasteiger partial charge in [-0.2, -0.15) is 0 Å². The van der Waals surface area contributed by atoms with E-state index in [1.807, 2.05) is 27.7 Å². The van der Waals surface area contributed by atoms with Gasteiger partial charge in [-0.15, -0.1) is 0 Å². The lowest BCUT2D eigenvalue weighted by Crippen LogP contribution is -2.28. The first kappa shape index (κ1) is 19.1. The Bertz CT molecular complexity index is 283. The third-order valence-electron chi connectivity index (χ3n) is 2.67. The lowest BCUT2D eigenvalue weighted by Gasteiger charge is -2.08. The summed E-state index contributed by atoms with van der Waals surface area (Å²) in [5.74, 6) is 0.730. The van der Waals surface area contributed by atoms with Crippen LogP contribution in [0.3, 0.4) is 0 Å². The number of carbonyl (C=O) groups is 2. The summed E-state index contributed by atoms with van der Waals surface area (Å²) in [6.07, 6.45) is 1.01. The zero-order valence-corrected chi connectivity index (χ0v) is 13.2. The molecule has 0 saturated carbocycles. The topological polar surface area (TPSA) is 64.6 Å². The van der Waals surface area contributed by atoms with Crippen LogP contribution in [0.4, 0.5) is 0 Å². The predicted octanol–water partition coefficient (Wildman–Crippen LogP) is 2.04. The summed E-state index contributed by atoms with van der Waals surface area (Å²) in [5, 5.41) is 2.79. The molecule has 0 fully saturated rings. The standard InChI is InChI=1S/C15H29NO4.H2/c1-12(2)11-15(18)16-6-8-20-10-9-19-7-5-14(17)13(3)4;/h12-13H,5-11H2,1-4H3,(H,16,18);1H. The fourth-order valence-corrected chi connectivity index (χ4v) is 1.49. The van der Waals surface area contributed by atoms with Gasteiger partial charge in [0.15, 0.2) is 0 Å². The Morgan fingerprint density at radius 2 is 1.60 bits per heavy atom. The van der Waals surface area contributed by atoms with Crippen molar-refractivity contribution in [1.29, 1.82) is 0 Å². The van der Waals surface area contributed by atoms with Crippen molar-refractivity contribution in [3.8, 4) is 0 Å². The van der Waals surface area contributed by atoms with Gasteiger partial charge in [0.1, 0.15) is 5.78 Å². The summed E-state index contributed by atoms with van der Waals surface area (Å²) in [7, 11) is 0. The van der Waals surface area contributed by atoms with Crippen LogP contribution < -0.4 is 5.32 Å². The van der Waals surface area contributed by atoms with Crippen molar-refractivity contribution in [2.24, 2.45) is 11.8 Å². The van der Waals surface area contributed by atoms with Crippen molar-refractivity contribution in [1.82, 2.24) is 5.32 Å². The fraction of sp³-hybridized carbons (Fsp3) is 0.867. The van der Waals surface area contributed by atoms with Crippen molar-refractivity contribution in [3.05, 3.63) is 0 Å². The van der Waals surface area contributed by atoms with Gasteiger partial charge in [0, 0.05) is 26.7 Å². The summed E-state index contributed by atoms with van der Waals surface area (Å²) < 4.78 is 10.6. The number of rotatable bonds is 12. The van der Waals surface area contributed by atoms with Gasteiger partial charge in [-0.25, -0.2) is 0 Å². The zero-order valence-electron chi connectivity index (χ0n) is 13.2. The molecule has 0 rings (SSSR count). The Hall–Kier alpha value is -0.940. The predicted molar refractivity (Wildman–Crippen MR) is 80.7 cm³/mol. The maximum Gasteiger partial charge on any atom is 0.220 e. The van der Waals surface area contributed by atoms with E-state index in [0.29, 0.717) is 51.7 Å². The number of ether oxygens (including phenoxy) is 2. The molecule has 0 aromatic carbocycles. The Labute approximate surface area is 123 Å². The quantitative estimate of drug-likeness (QED) is 0.558. The van der Waals surface area contributed by atoms with Crippen LogP contribution in [0.5, 0.6) is 0 Å². The number of nitrogens with one attached hydrogen (secondary N) is 1. The SMILES string of the molecule is CC(C)CC(=O)NCCOCCOCCC(=O)C(C)C.[HH]. The van der Waals surface area contributed by atoms with E-state index in [-0.39, 0.29) is 19.0 Å². The zero-order chi connectivity index (χ0) is 15.4. The highest BCUT2D eigenvalue weighted by molar-refractivity contribution is 5.80. The molecule has 0 aliphatic carbocycles. The van der Waals surface area contributed by atoms with Crippen molar-refractivity contribution in [2.75, 3.05) is 33.0 Å². The van der Waals surface area contributed by atoms with Crippen molar-refractivity contribution < 1.29 is 20.5 Å². The largest absolute Gasteiger partial charge is 0.379 e. The van der Waals surface area contributed by atoms with Gasteiger partial charge >= 0.3 is 0 Å². The third kappa shape index (κ3) is 12.1. The average molecular weight is 289 g/mol. The van der Waals surface area contributed by atoms with E-state index in [9.17, 15) is 9.59 Å². The van der Waals surface area contributed by atoms with Gasteiger partial charge in [0.25, 0.3) is 0 Å². The summed E-state index contributed by atoms with van der Waals surface area (Å²) >= 11 is 0. The molecule has 0 atom stereocenters. The lowest BCUT2D eigenvalue weighted by molar-refractivity contribution is -0.123. The van der Waals surface area contributed by atoms with Crippen LogP contribution in [0.2, 0.25) is 0 Å². The van der Waals surface area contributed by atoms with Crippen LogP contribution >= 0.6 is 0 Å². The highest BCUT2D eigenvalue weighted by Gasteiger charge is 2.06. The molecule has 20 heavy (non-hydrogen) atoms. The molecule has 0 heterocycles. The lowest BCUT2D eigenvalue weighted by atomic mass is 10.1. The number of ketones is 1. The molecule has 0 aliphatic heterocycles. The molecule has 0 bridgehead atoms. The molecular weight excluding hydrogens is 258 g/mol. The van der Waals surface area contributed by atoms with E-state index in [1.54, 1.807) is 0 Å². The average Bonchev–Trinajstić information content (AvgIpc) is 2.35. The van der Waals surface area contributed by atoms with Crippen LogP contribution in [0.1, 0.15) is 42.0 Å². The molecule has 5 heteroatoms.